The van der Waals surface area contributed by atoms with Gasteiger partial charge in [0.05, 0.1) is 21.4 Å². The highest BCUT2D eigenvalue weighted by Gasteiger charge is 2.33. The van der Waals surface area contributed by atoms with Crippen molar-refractivity contribution in [2.45, 2.75) is 32.9 Å². The third-order valence-electron chi connectivity index (χ3n) is 3.85. The second-order valence-electron chi connectivity index (χ2n) is 5.78. The second-order valence-corrected chi connectivity index (χ2v) is 6.70. The van der Waals surface area contributed by atoms with Gasteiger partial charge in [0.1, 0.15) is 5.82 Å². The lowest BCUT2D eigenvalue weighted by molar-refractivity contribution is 0.429. The van der Waals surface area contributed by atoms with Gasteiger partial charge in [-0.3, -0.25) is 5.10 Å². The van der Waals surface area contributed by atoms with E-state index in [0.717, 1.165) is 39.9 Å². The molecule has 21 heavy (non-hydrogen) atoms. The Morgan fingerprint density at radius 2 is 2.14 bits per heavy atom. The average Bonchev–Trinajstić information content (AvgIpc) is 3.08. The zero-order chi connectivity index (χ0) is 14.6. The number of aromatic nitrogens is 4. The molecule has 0 fully saturated rings. The van der Waals surface area contributed by atoms with Gasteiger partial charge in [0.2, 0.25) is 0 Å². The molecular formula is C14H16N6S. The molecule has 0 aliphatic carbocycles. The molecule has 0 unspecified atom stereocenters. The lowest BCUT2D eigenvalue weighted by Crippen LogP contribution is -2.29. The minimum atomic E-state index is -0.0674. The topological polar surface area (TPSA) is 78.5 Å². The molecule has 0 spiro atoms. The number of aryl methyl sites for hydroxylation is 1. The molecule has 0 amide bonds. The van der Waals surface area contributed by atoms with Crippen LogP contribution in [0.5, 0.6) is 0 Å². The summed E-state index contributed by atoms with van der Waals surface area (Å²) in [5, 5.41) is 16.4. The van der Waals surface area contributed by atoms with Gasteiger partial charge < -0.3 is 10.6 Å². The molecule has 0 radical (unpaired) electrons. The van der Waals surface area contributed by atoms with Crippen molar-refractivity contribution in [3.8, 4) is 0 Å². The number of rotatable bonds is 2. The largest absolute Gasteiger partial charge is 0.322 e. The molecule has 3 aromatic rings. The van der Waals surface area contributed by atoms with E-state index in [1.54, 1.807) is 11.3 Å². The van der Waals surface area contributed by atoms with Crippen LogP contribution in [0.1, 0.15) is 30.9 Å². The fourth-order valence-electron chi connectivity index (χ4n) is 2.73. The molecule has 0 aromatic carbocycles. The first-order chi connectivity index (χ1) is 10.0. The van der Waals surface area contributed by atoms with Crippen LogP contribution in [0, 0.1) is 6.92 Å². The van der Waals surface area contributed by atoms with Gasteiger partial charge >= 0.3 is 0 Å². The van der Waals surface area contributed by atoms with Crippen LogP contribution in [0.2, 0.25) is 0 Å². The molecule has 4 rings (SSSR count). The Kier molecular flexibility index (Phi) is 2.58. The van der Waals surface area contributed by atoms with Crippen molar-refractivity contribution in [3.05, 3.63) is 28.5 Å². The average molecular weight is 300 g/mol. The first kappa shape index (κ1) is 12.7. The highest BCUT2D eigenvalue weighted by molar-refractivity contribution is 7.17. The van der Waals surface area contributed by atoms with Crippen LogP contribution in [-0.2, 0) is 12.1 Å². The molecule has 0 saturated carbocycles. The maximum atomic E-state index is 4.52. The number of fused-ring (bicyclic) bond motifs is 2. The minimum absolute atomic E-state index is 0.0674. The van der Waals surface area contributed by atoms with Gasteiger partial charge in [0, 0.05) is 12.1 Å². The van der Waals surface area contributed by atoms with Crippen molar-refractivity contribution in [1.82, 2.24) is 25.5 Å². The summed E-state index contributed by atoms with van der Waals surface area (Å²) in [6.45, 7) is 7.00. The van der Waals surface area contributed by atoms with Crippen molar-refractivity contribution in [2.75, 3.05) is 5.32 Å². The first-order valence-electron chi connectivity index (χ1n) is 6.86. The Labute approximate surface area is 126 Å². The Morgan fingerprint density at radius 3 is 3.00 bits per heavy atom. The maximum absolute atomic E-state index is 4.52. The summed E-state index contributed by atoms with van der Waals surface area (Å²) in [7, 11) is 0. The summed E-state index contributed by atoms with van der Waals surface area (Å²) in [4.78, 5) is 8.96. The summed E-state index contributed by atoms with van der Waals surface area (Å²) >= 11 is 1.64. The van der Waals surface area contributed by atoms with Crippen LogP contribution < -0.4 is 10.6 Å². The minimum Gasteiger partial charge on any atom is -0.322 e. The second kappa shape index (κ2) is 4.25. The third-order valence-corrected chi connectivity index (χ3v) is 4.76. The lowest BCUT2D eigenvalue weighted by Gasteiger charge is -2.16. The molecule has 108 valence electrons. The number of nitrogens with zero attached hydrogens (tertiary/aromatic N) is 3. The van der Waals surface area contributed by atoms with Gasteiger partial charge in [-0.25, -0.2) is 9.97 Å². The number of anilines is 2. The van der Waals surface area contributed by atoms with Crippen LogP contribution in [0.15, 0.2) is 11.4 Å². The van der Waals surface area contributed by atoms with E-state index in [0.29, 0.717) is 0 Å². The molecule has 1 aliphatic heterocycles. The van der Waals surface area contributed by atoms with Crippen LogP contribution in [0.4, 0.5) is 11.6 Å². The van der Waals surface area contributed by atoms with E-state index >= 15 is 0 Å². The molecule has 3 N–H and O–H groups in total. The summed E-state index contributed by atoms with van der Waals surface area (Å²) in [6.07, 6.45) is 0. The molecule has 4 heterocycles. The van der Waals surface area contributed by atoms with Gasteiger partial charge in [-0.2, -0.15) is 5.10 Å². The molecule has 7 heteroatoms. The van der Waals surface area contributed by atoms with Crippen molar-refractivity contribution in [1.29, 1.82) is 0 Å². The summed E-state index contributed by atoms with van der Waals surface area (Å²) < 4.78 is 1.06. The Morgan fingerprint density at radius 1 is 1.29 bits per heavy atom. The zero-order valence-electron chi connectivity index (χ0n) is 12.1. The van der Waals surface area contributed by atoms with Gasteiger partial charge in [0.15, 0.2) is 11.6 Å². The smallest absolute Gasteiger partial charge is 0.158 e. The van der Waals surface area contributed by atoms with E-state index in [9.17, 15) is 0 Å². The first-order valence-corrected chi connectivity index (χ1v) is 7.74. The summed E-state index contributed by atoms with van der Waals surface area (Å²) in [5.41, 5.74) is 3.22. The van der Waals surface area contributed by atoms with Gasteiger partial charge in [-0.05, 0) is 32.2 Å². The predicted molar refractivity (Wildman–Crippen MR) is 83.9 cm³/mol. The normalized spacial score (nSPS) is 16.3. The molecule has 1 aliphatic rings. The molecule has 3 aromatic heterocycles. The molecule has 0 bridgehead atoms. The fourth-order valence-corrected chi connectivity index (χ4v) is 3.51. The van der Waals surface area contributed by atoms with Gasteiger partial charge in [-0.1, -0.05) is 0 Å². The number of hydrogen-bond donors (Lipinski definition) is 3. The fraction of sp³-hybridized carbons (Fsp3) is 0.357. The van der Waals surface area contributed by atoms with Crippen molar-refractivity contribution in [2.24, 2.45) is 0 Å². The van der Waals surface area contributed by atoms with Crippen LogP contribution >= 0.6 is 11.3 Å². The van der Waals surface area contributed by atoms with Gasteiger partial charge in [-0.15, -0.1) is 11.3 Å². The van der Waals surface area contributed by atoms with E-state index in [1.165, 1.54) is 5.56 Å². The van der Waals surface area contributed by atoms with Crippen LogP contribution in [0.25, 0.3) is 10.2 Å². The highest BCUT2D eigenvalue weighted by Crippen LogP contribution is 2.35. The number of hydrogen-bond acceptors (Lipinski definition) is 6. The van der Waals surface area contributed by atoms with Crippen molar-refractivity contribution < 1.29 is 0 Å². The molecular weight excluding hydrogens is 284 g/mol. The zero-order valence-corrected chi connectivity index (χ0v) is 12.9. The van der Waals surface area contributed by atoms with Crippen LogP contribution in [-0.4, -0.2) is 20.2 Å². The number of thiophene rings is 1. The predicted octanol–water partition coefficient (Wildman–Crippen LogP) is 2.80. The van der Waals surface area contributed by atoms with E-state index in [-0.39, 0.29) is 5.54 Å². The number of H-pyrrole nitrogens is 1. The highest BCUT2D eigenvalue weighted by atomic mass is 32.1. The quantitative estimate of drug-likeness (QED) is 0.678. The molecule has 0 saturated heterocycles. The maximum Gasteiger partial charge on any atom is 0.158 e. The summed E-state index contributed by atoms with van der Waals surface area (Å²) in [6, 6.07) is 2.01. The Hall–Kier alpha value is -1.99. The van der Waals surface area contributed by atoms with E-state index in [1.807, 2.05) is 18.4 Å². The van der Waals surface area contributed by atoms with Crippen molar-refractivity contribution >= 4 is 33.2 Å². The van der Waals surface area contributed by atoms with Crippen LogP contribution in [0.3, 0.4) is 0 Å². The van der Waals surface area contributed by atoms with E-state index < -0.39 is 0 Å². The Bertz CT molecular complexity index is 831. The van der Waals surface area contributed by atoms with E-state index in [2.05, 4.69) is 44.6 Å². The summed E-state index contributed by atoms with van der Waals surface area (Å²) in [5.74, 6) is 2.43. The molecule has 0 atom stereocenters. The van der Waals surface area contributed by atoms with Crippen molar-refractivity contribution in [3.63, 3.8) is 0 Å². The lowest BCUT2D eigenvalue weighted by atomic mass is 10.0. The monoisotopic (exact) mass is 300 g/mol. The molecule has 6 nitrogen and oxygen atoms in total. The third kappa shape index (κ3) is 1.92. The number of aromatic amines is 1. The van der Waals surface area contributed by atoms with E-state index in [4.69, 9.17) is 0 Å². The van der Waals surface area contributed by atoms with Gasteiger partial charge in [0.25, 0.3) is 0 Å². The number of nitrogens with one attached hydrogen (secondary N) is 3. The SMILES string of the molecule is Cc1nc(Nc2n[nH]c3c2CNC3(C)C)c2sccc2n1. The standard InChI is InChI=1S/C14H16N6S/c1-7-16-9-4-5-21-10(9)13(17-7)18-12-8-6-15-14(2,3)11(8)19-20-12/h4-5,15H,6H2,1-3H3,(H2,16,17,18,19,20). The Balaban J connectivity index is 1.78.